The lowest BCUT2D eigenvalue weighted by Crippen LogP contribution is -2.47. The first-order valence-electron chi connectivity index (χ1n) is 4.16. The Morgan fingerprint density at radius 3 is 2.25 bits per heavy atom. The Labute approximate surface area is 73.1 Å². The molecule has 12 heavy (non-hydrogen) atoms. The Hall–Kier alpha value is -0.610. The second-order valence-electron chi connectivity index (χ2n) is 3.38. The summed E-state index contributed by atoms with van der Waals surface area (Å²) in [5.41, 5.74) is 5.14. The minimum Gasteiger partial charge on any atom is -0.392 e. The van der Waals surface area contributed by atoms with Gasteiger partial charge in [0.1, 0.15) is 0 Å². The summed E-state index contributed by atoms with van der Waals surface area (Å²) in [4.78, 5) is 10.8. The molecule has 1 unspecified atom stereocenters. The molecule has 4 nitrogen and oxygen atoms in total. The van der Waals surface area contributed by atoms with Gasteiger partial charge >= 0.3 is 0 Å². The van der Waals surface area contributed by atoms with E-state index in [-0.39, 0.29) is 17.9 Å². The minimum absolute atomic E-state index is 0.154. The van der Waals surface area contributed by atoms with Gasteiger partial charge in [0.2, 0.25) is 5.91 Å². The lowest BCUT2D eigenvalue weighted by Gasteiger charge is -2.19. The fraction of sp³-hybridized carbons (Fsp3) is 0.875. The van der Waals surface area contributed by atoms with Crippen molar-refractivity contribution in [2.75, 3.05) is 6.54 Å². The molecule has 0 aromatic carbocycles. The number of carbonyl (C=O) groups is 1. The lowest BCUT2D eigenvalue weighted by molar-refractivity contribution is -0.121. The molecule has 4 heteroatoms. The van der Waals surface area contributed by atoms with Crippen LogP contribution in [0.25, 0.3) is 0 Å². The second kappa shape index (κ2) is 5.11. The Balaban J connectivity index is 3.88. The fourth-order valence-electron chi connectivity index (χ4n) is 0.962. The molecule has 0 bridgehead atoms. The second-order valence-corrected chi connectivity index (χ2v) is 3.38. The van der Waals surface area contributed by atoms with Gasteiger partial charge < -0.3 is 16.2 Å². The first-order chi connectivity index (χ1) is 5.45. The summed E-state index contributed by atoms with van der Waals surface area (Å²) >= 11 is 0. The van der Waals surface area contributed by atoms with E-state index >= 15 is 0 Å². The highest BCUT2D eigenvalue weighted by Gasteiger charge is 2.18. The van der Waals surface area contributed by atoms with E-state index in [1.54, 1.807) is 6.92 Å². The summed E-state index contributed by atoms with van der Waals surface area (Å²) in [7, 11) is 0. The maximum absolute atomic E-state index is 10.8. The van der Waals surface area contributed by atoms with E-state index in [2.05, 4.69) is 5.32 Å². The molecule has 0 aliphatic heterocycles. The summed E-state index contributed by atoms with van der Waals surface area (Å²) in [6.45, 7) is 5.87. The SMILES string of the molecule is CC(C)C(NC[C@H](C)O)C(N)=O. The summed E-state index contributed by atoms with van der Waals surface area (Å²) in [5.74, 6) is -0.216. The van der Waals surface area contributed by atoms with Gasteiger partial charge in [-0.15, -0.1) is 0 Å². The quantitative estimate of drug-likeness (QED) is 0.524. The van der Waals surface area contributed by atoms with Crippen molar-refractivity contribution in [1.29, 1.82) is 0 Å². The smallest absolute Gasteiger partial charge is 0.234 e. The fourth-order valence-corrected chi connectivity index (χ4v) is 0.962. The standard InChI is InChI=1S/C8H18N2O2/c1-5(2)7(8(9)12)10-4-6(3)11/h5-7,10-11H,4H2,1-3H3,(H2,9,12)/t6-,7?/m0/s1. The molecule has 1 amide bonds. The molecule has 72 valence electrons. The van der Waals surface area contributed by atoms with Crippen molar-refractivity contribution < 1.29 is 9.90 Å². The predicted octanol–water partition coefficient (Wildman–Crippen LogP) is -0.533. The summed E-state index contributed by atoms with van der Waals surface area (Å²) in [6.07, 6.45) is -0.453. The third kappa shape index (κ3) is 4.31. The van der Waals surface area contributed by atoms with Crippen molar-refractivity contribution in [3.05, 3.63) is 0 Å². The molecule has 4 N–H and O–H groups in total. The molecule has 2 atom stereocenters. The Kier molecular flexibility index (Phi) is 4.85. The van der Waals surface area contributed by atoms with Crippen molar-refractivity contribution in [3.8, 4) is 0 Å². The summed E-state index contributed by atoms with van der Waals surface area (Å²) in [6, 6.07) is -0.348. The molecule has 0 fully saturated rings. The van der Waals surface area contributed by atoms with Crippen LogP contribution < -0.4 is 11.1 Å². The van der Waals surface area contributed by atoms with E-state index in [0.717, 1.165) is 0 Å². The maximum atomic E-state index is 10.8. The zero-order chi connectivity index (χ0) is 9.72. The molecule has 0 saturated carbocycles. The lowest BCUT2D eigenvalue weighted by atomic mass is 10.0. The van der Waals surface area contributed by atoms with Gasteiger partial charge in [0, 0.05) is 6.54 Å². The number of aliphatic hydroxyl groups excluding tert-OH is 1. The molecular weight excluding hydrogens is 156 g/mol. The van der Waals surface area contributed by atoms with Crippen LogP contribution in [-0.2, 0) is 4.79 Å². The average molecular weight is 174 g/mol. The van der Waals surface area contributed by atoms with Crippen molar-refractivity contribution in [2.45, 2.75) is 32.9 Å². The van der Waals surface area contributed by atoms with E-state index in [4.69, 9.17) is 10.8 Å². The van der Waals surface area contributed by atoms with Crippen LogP contribution in [-0.4, -0.2) is 29.7 Å². The number of nitrogens with one attached hydrogen (secondary N) is 1. The Bertz CT molecular complexity index is 146. The van der Waals surface area contributed by atoms with Gasteiger partial charge in [-0.05, 0) is 12.8 Å². The number of nitrogens with two attached hydrogens (primary N) is 1. The molecule has 0 heterocycles. The van der Waals surface area contributed by atoms with Gasteiger partial charge in [-0.25, -0.2) is 0 Å². The van der Waals surface area contributed by atoms with Crippen molar-refractivity contribution in [3.63, 3.8) is 0 Å². The topological polar surface area (TPSA) is 75.3 Å². The van der Waals surface area contributed by atoms with Crippen LogP contribution >= 0.6 is 0 Å². The molecule has 0 rings (SSSR count). The van der Waals surface area contributed by atoms with Crippen molar-refractivity contribution in [1.82, 2.24) is 5.32 Å². The molecule has 0 aromatic heterocycles. The number of primary amides is 1. The monoisotopic (exact) mass is 174 g/mol. The van der Waals surface area contributed by atoms with Crippen LogP contribution in [0.15, 0.2) is 0 Å². The average Bonchev–Trinajstić information content (AvgIpc) is 1.84. The first kappa shape index (κ1) is 11.4. The number of hydrogen-bond donors (Lipinski definition) is 3. The summed E-state index contributed by atoms with van der Waals surface area (Å²) < 4.78 is 0. The van der Waals surface area contributed by atoms with Gasteiger partial charge in [-0.2, -0.15) is 0 Å². The number of rotatable bonds is 5. The number of aliphatic hydroxyl groups is 1. The minimum atomic E-state index is -0.453. The predicted molar refractivity (Wildman–Crippen MR) is 47.5 cm³/mol. The molecule has 0 aliphatic rings. The van der Waals surface area contributed by atoms with E-state index in [1.165, 1.54) is 0 Å². The Morgan fingerprint density at radius 2 is 2.00 bits per heavy atom. The van der Waals surface area contributed by atoms with Crippen LogP contribution in [0, 0.1) is 5.92 Å². The molecule has 0 aromatic rings. The van der Waals surface area contributed by atoms with E-state index in [0.29, 0.717) is 6.54 Å². The van der Waals surface area contributed by atoms with Gasteiger partial charge in [0.25, 0.3) is 0 Å². The molecule has 0 aliphatic carbocycles. The third-order valence-corrected chi connectivity index (χ3v) is 1.61. The van der Waals surface area contributed by atoms with Crippen LogP contribution in [0.4, 0.5) is 0 Å². The van der Waals surface area contributed by atoms with Crippen LogP contribution in [0.3, 0.4) is 0 Å². The van der Waals surface area contributed by atoms with Crippen LogP contribution in [0.1, 0.15) is 20.8 Å². The molecule has 0 saturated heterocycles. The highest BCUT2D eigenvalue weighted by atomic mass is 16.3. The Morgan fingerprint density at radius 1 is 1.50 bits per heavy atom. The van der Waals surface area contributed by atoms with E-state index in [9.17, 15) is 4.79 Å². The van der Waals surface area contributed by atoms with Gasteiger partial charge in [0.15, 0.2) is 0 Å². The third-order valence-electron chi connectivity index (χ3n) is 1.61. The van der Waals surface area contributed by atoms with E-state index < -0.39 is 6.10 Å². The van der Waals surface area contributed by atoms with Crippen molar-refractivity contribution >= 4 is 5.91 Å². The van der Waals surface area contributed by atoms with Crippen LogP contribution in [0.5, 0.6) is 0 Å². The van der Waals surface area contributed by atoms with Crippen LogP contribution in [0.2, 0.25) is 0 Å². The molecule has 0 radical (unpaired) electrons. The number of hydrogen-bond acceptors (Lipinski definition) is 3. The summed E-state index contributed by atoms with van der Waals surface area (Å²) in [5, 5.41) is 11.8. The van der Waals surface area contributed by atoms with Gasteiger partial charge in [0.05, 0.1) is 12.1 Å². The number of carbonyl (C=O) groups excluding carboxylic acids is 1. The van der Waals surface area contributed by atoms with E-state index in [1.807, 2.05) is 13.8 Å². The highest BCUT2D eigenvalue weighted by Crippen LogP contribution is 2.00. The molecular formula is C8H18N2O2. The number of amides is 1. The normalized spacial score (nSPS) is 16.1. The van der Waals surface area contributed by atoms with Gasteiger partial charge in [-0.3, -0.25) is 4.79 Å². The highest BCUT2D eigenvalue weighted by molar-refractivity contribution is 5.80. The maximum Gasteiger partial charge on any atom is 0.234 e. The zero-order valence-electron chi connectivity index (χ0n) is 7.87. The first-order valence-corrected chi connectivity index (χ1v) is 4.16. The zero-order valence-corrected chi connectivity index (χ0v) is 7.87. The van der Waals surface area contributed by atoms with Gasteiger partial charge in [-0.1, -0.05) is 13.8 Å². The largest absolute Gasteiger partial charge is 0.392 e. The van der Waals surface area contributed by atoms with Crippen molar-refractivity contribution in [2.24, 2.45) is 11.7 Å². The molecule has 0 spiro atoms.